The quantitative estimate of drug-likeness (QED) is 0.685. The molecule has 0 spiro atoms. The predicted molar refractivity (Wildman–Crippen MR) is 80.3 cm³/mol. The molecule has 116 valence electrons. The molecule has 0 aromatic rings. The van der Waals surface area contributed by atoms with Gasteiger partial charge in [-0.25, -0.2) is 0 Å². The van der Waals surface area contributed by atoms with Gasteiger partial charge in [-0.05, 0) is 38.8 Å². The summed E-state index contributed by atoms with van der Waals surface area (Å²) in [6.45, 7) is 7.02. The Kier molecular flexibility index (Phi) is 7.59. The number of hydrogen-bond acceptors (Lipinski definition) is 3. The fourth-order valence-corrected chi connectivity index (χ4v) is 2.48. The molecule has 0 aromatic heterocycles. The molecule has 20 heavy (non-hydrogen) atoms. The number of rotatable bonds is 7. The van der Waals surface area contributed by atoms with Gasteiger partial charge in [-0.2, -0.15) is 0 Å². The lowest BCUT2D eigenvalue weighted by atomic mass is 9.97. The molecule has 1 rings (SSSR count). The summed E-state index contributed by atoms with van der Waals surface area (Å²) in [6, 6.07) is 0. The van der Waals surface area contributed by atoms with E-state index in [1.54, 1.807) is 0 Å². The molecule has 1 atom stereocenters. The van der Waals surface area contributed by atoms with Gasteiger partial charge in [0.15, 0.2) is 0 Å². The summed E-state index contributed by atoms with van der Waals surface area (Å²) in [4.78, 5) is 25.6. The average molecular weight is 283 g/mol. The molecule has 5 heteroatoms. The van der Waals surface area contributed by atoms with Crippen LogP contribution in [0.15, 0.2) is 0 Å². The van der Waals surface area contributed by atoms with Crippen LogP contribution in [0, 0.1) is 11.8 Å². The van der Waals surface area contributed by atoms with E-state index in [4.69, 9.17) is 0 Å². The molecule has 1 aliphatic rings. The van der Waals surface area contributed by atoms with E-state index in [0.717, 1.165) is 38.9 Å². The van der Waals surface area contributed by atoms with Crippen LogP contribution in [0.5, 0.6) is 0 Å². The Balaban J connectivity index is 2.31. The second kappa shape index (κ2) is 8.95. The van der Waals surface area contributed by atoms with E-state index in [1.807, 2.05) is 25.8 Å². The first-order valence-electron chi connectivity index (χ1n) is 7.74. The van der Waals surface area contributed by atoms with Crippen molar-refractivity contribution in [2.24, 2.45) is 11.8 Å². The summed E-state index contributed by atoms with van der Waals surface area (Å²) in [5.74, 6) is 0.778. The van der Waals surface area contributed by atoms with Gasteiger partial charge in [-0.1, -0.05) is 13.8 Å². The lowest BCUT2D eigenvalue weighted by Gasteiger charge is -2.33. The van der Waals surface area contributed by atoms with Crippen molar-refractivity contribution in [2.45, 2.75) is 39.5 Å². The third kappa shape index (κ3) is 5.90. The van der Waals surface area contributed by atoms with Crippen LogP contribution in [0.3, 0.4) is 0 Å². The van der Waals surface area contributed by atoms with Gasteiger partial charge in [0.25, 0.3) is 0 Å². The van der Waals surface area contributed by atoms with E-state index in [9.17, 15) is 9.59 Å². The van der Waals surface area contributed by atoms with Gasteiger partial charge in [-0.3, -0.25) is 9.59 Å². The van der Waals surface area contributed by atoms with Crippen molar-refractivity contribution in [3.8, 4) is 0 Å². The van der Waals surface area contributed by atoms with Gasteiger partial charge in [0, 0.05) is 32.0 Å². The third-order valence-corrected chi connectivity index (χ3v) is 3.78. The monoisotopic (exact) mass is 283 g/mol. The number of carbonyl (C=O) groups is 2. The molecule has 0 saturated carbocycles. The minimum Gasteiger partial charge on any atom is -0.356 e. The molecular formula is C15H29N3O2. The van der Waals surface area contributed by atoms with Gasteiger partial charge in [0.05, 0.1) is 0 Å². The molecule has 1 unspecified atom stereocenters. The van der Waals surface area contributed by atoms with Crippen molar-refractivity contribution in [2.75, 3.05) is 33.2 Å². The number of piperidine rings is 1. The highest BCUT2D eigenvalue weighted by molar-refractivity contribution is 5.78. The number of nitrogens with one attached hydrogen (secondary N) is 2. The van der Waals surface area contributed by atoms with Crippen LogP contribution in [0.2, 0.25) is 0 Å². The van der Waals surface area contributed by atoms with Crippen LogP contribution >= 0.6 is 0 Å². The maximum absolute atomic E-state index is 12.1. The van der Waals surface area contributed by atoms with E-state index < -0.39 is 0 Å². The Hall–Kier alpha value is -1.10. The Morgan fingerprint density at radius 2 is 2.10 bits per heavy atom. The van der Waals surface area contributed by atoms with Gasteiger partial charge in [-0.15, -0.1) is 0 Å². The van der Waals surface area contributed by atoms with Crippen LogP contribution < -0.4 is 10.6 Å². The van der Waals surface area contributed by atoms with E-state index in [0.29, 0.717) is 18.9 Å². The van der Waals surface area contributed by atoms with E-state index in [2.05, 4.69) is 10.6 Å². The Bertz CT molecular complexity index is 318. The maximum atomic E-state index is 12.1. The first-order valence-corrected chi connectivity index (χ1v) is 7.74. The van der Waals surface area contributed by atoms with Crippen LogP contribution in [0.4, 0.5) is 0 Å². The molecule has 1 fully saturated rings. The van der Waals surface area contributed by atoms with Crippen LogP contribution in [0.1, 0.15) is 39.5 Å². The second-order valence-electron chi connectivity index (χ2n) is 5.95. The first kappa shape index (κ1) is 17.0. The number of hydrogen-bond donors (Lipinski definition) is 2. The fourth-order valence-electron chi connectivity index (χ4n) is 2.48. The van der Waals surface area contributed by atoms with Crippen molar-refractivity contribution in [1.29, 1.82) is 0 Å². The molecule has 2 amide bonds. The van der Waals surface area contributed by atoms with Crippen LogP contribution in [-0.4, -0.2) is 49.9 Å². The zero-order chi connectivity index (χ0) is 15.0. The van der Waals surface area contributed by atoms with Crippen LogP contribution in [0.25, 0.3) is 0 Å². The molecule has 1 aliphatic heterocycles. The highest BCUT2D eigenvalue weighted by Crippen LogP contribution is 2.17. The number of carbonyl (C=O) groups excluding carboxylic acids is 2. The molecule has 0 aliphatic carbocycles. The topological polar surface area (TPSA) is 61.4 Å². The van der Waals surface area contributed by atoms with Crippen LogP contribution in [-0.2, 0) is 9.59 Å². The van der Waals surface area contributed by atoms with Crippen molar-refractivity contribution >= 4 is 11.8 Å². The lowest BCUT2D eigenvalue weighted by Crippen LogP contribution is -2.44. The summed E-state index contributed by atoms with van der Waals surface area (Å²) in [6.07, 6.45) is 3.64. The van der Waals surface area contributed by atoms with Crippen molar-refractivity contribution < 1.29 is 9.59 Å². The molecule has 0 aromatic carbocycles. The standard InChI is InChI=1S/C15H29N3O2/c1-12(2)15(20)17-10-13-6-5-9-18(11-13)14(19)7-4-8-16-3/h12-13,16H,4-11H2,1-3H3,(H,17,20). The zero-order valence-electron chi connectivity index (χ0n) is 13.1. The molecule has 1 saturated heterocycles. The van der Waals surface area contributed by atoms with Crippen molar-refractivity contribution in [3.05, 3.63) is 0 Å². The SMILES string of the molecule is CNCCCC(=O)N1CCCC(CNC(=O)C(C)C)C1. The normalized spacial score (nSPS) is 19.2. The summed E-state index contributed by atoms with van der Waals surface area (Å²) in [7, 11) is 1.90. The fraction of sp³-hybridized carbons (Fsp3) is 0.867. The van der Waals surface area contributed by atoms with Gasteiger partial charge < -0.3 is 15.5 Å². The Labute approximate surface area is 122 Å². The highest BCUT2D eigenvalue weighted by atomic mass is 16.2. The first-order chi connectivity index (χ1) is 9.54. The summed E-state index contributed by atoms with van der Waals surface area (Å²) in [5.41, 5.74) is 0. The Morgan fingerprint density at radius 3 is 2.75 bits per heavy atom. The average Bonchev–Trinajstić information content (AvgIpc) is 2.45. The number of nitrogens with zero attached hydrogens (tertiary/aromatic N) is 1. The summed E-state index contributed by atoms with van der Waals surface area (Å²) in [5, 5.41) is 6.04. The zero-order valence-corrected chi connectivity index (χ0v) is 13.1. The number of likely N-dealkylation sites (tertiary alicyclic amines) is 1. The summed E-state index contributed by atoms with van der Waals surface area (Å²) >= 11 is 0. The third-order valence-electron chi connectivity index (χ3n) is 3.78. The minimum atomic E-state index is 0.0258. The molecule has 2 N–H and O–H groups in total. The molecule has 5 nitrogen and oxygen atoms in total. The smallest absolute Gasteiger partial charge is 0.222 e. The largest absolute Gasteiger partial charge is 0.356 e. The second-order valence-corrected chi connectivity index (χ2v) is 5.95. The van der Waals surface area contributed by atoms with Gasteiger partial charge >= 0.3 is 0 Å². The van der Waals surface area contributed by atoms with Gasteiger partial charge in [0.2, 0.25) is 11.8 Å². The Morgan fingerprint density at radius 1 is 1.35 bits per heavy atom. The molecular weight excluding hydrogens is 254 g/mol. The molecule has 1 heterocycles. The molecule has 0 bridgehead atoms. The molecule has 0 radical (unpaired) electrons. The maximum Gasteiger partial charge on any atom is 0.222 e. The lowest BCUT2D eigenvalue weighted by molar-refractivity contribution is -0.133. The number of amides is 2. The van der Waals surface area contributed by atoms with Gasteiger partial charge in [0.1, 0.15) is 0 Å². The van der Waals surface area contributed by atoms with E-state index in [-0.39, 0.29) is 17.7 Å². The van der Waals surface area contributed by atoms with Crippen molar-refractivity contribution in [3.63, 3.8) is 0 Å². The predicted octanol–water partition coefficient (Wildman–Crippen LogP) is 0.997. The minimum absolute atomic E-state index is 0.0258. The van der Waals surface area contributed by atoms with E-state index >= 15 is 0 Å². The van der Waals surface area contributed by atoms with E-state index in [1.165, 1.54) is 0 Å². The van der Waals surface area contributed by atoms with Crippen molar-refractivity contribution in [1.82, 2.24) is 15.5 Å². The highest BCUT2D eigenvalue weighted by Gasteiger charge is 2.23. The summed E-state index contributed by atoms with van der Waals surface area (Å²) < 4.78 is 0.